The maximum atomic E-state index is 9.66. The number of aliphatic hydroxyl groups is 1. The molecule has 0 saturated heterocycles. The lowest BCUT2D eigenvalue weighted by Gasteiger charge is -2.16. The molecule has 0 radical (unpaired) electrons. The molecular weight excluding hydrogens is 172 g/mol. The van der Waals surface area contributed by atoms with Crippen LogP contribution in [0.15, 0.2) is 24.3 Å². The molecule has 76 valence electrons. The highest BCUT2D eigenvalue weighted by atomic mass is 16.3. The molecule has 0 bridgehead atoms. The van der Waals surface area contributed by atoms with Gasteiger partial charge in [0.1, 0.15) is 0 Å². The van der Waals surface area contributed by atoms with Crippen molar-refractivity contribution in [1.29, 1.82) is 0 Å². The Bertz CT molecular complexity index is 298. The Balaban J connectivity index is 2.30. The van der Waals surface area contributed by atoms with Gasteiger partial charge in [0.2, 0.25) is 0 Å². The van der Waals surface area contributed by atoms with Crippen molar-refractivity contribution in [3.8, 4) is 0 Å². The van der Waals surface area contributed by atoms with Crippen LogP contribution < -0.4 is 0 Å². The molecule has 1 aromatic carbocycles. The van der Waals surface area contributed by atoms with Gasteiger partial charge in [0.05, 0.1) is 6.10 Å². The molecule has 2 rings (SSSR count). The summed E-state index contributed by atoms with van der Waals surface area (Å²) in [6, 6.07) is 8.33. The van der Waals surface area contributed by atoms with Crippen LogP contribution in [0.4, 0.5) is 0 Å². The third-order valence-electron chi connectivity index (χ3n) is 3.24. The molecule has 0 aliphatic heterocycles. The van der Waals surface area contributed by atoms with E-state index in [0.717, 1.165) is 5.56 Å². The van der Waals surface area contributed by atoms with Crippen LogP contribution in [0.1, 0.15) is 55.8 Å². The molecule has 1 fully saturated rings. The van der Waals surface area contributed by atoms with Crippen molar-refractivity contribution in [2.24, 2.45) is 0 Å². The van der Waals surface area contributed by atoms with Crippen LogP contribution in [0.2, 0.25) is 0 Å². The minimum Gasteiger partial charge on any atom is -0.389 e. The summed E-state index contributed by atoms with van der Waals surface area (Å²) in [5, 5.41) is 9.66. The number of benzene rings is 1. The summed E-state index contributed by atoms with van der Waals surface area (Å²) in [7, 11) is 0. The van der Waals surface area contributed by atoms with Crippen LogP contribution in [0.5, 0.6) is 0 Å². The molecule has 1 saturated carbocycles. The smallest absolute Gasteiger partial charge is 0.0764 e. The monoisotopic (exact) mass is 190 g/mol. The van der Waals surface area contributed by atoms with Gasteiger partial charge in [0.25, 0.3) is 0 Å². The average Bonchev–Trinajstić information content (AvgIpc) is 2.70. The highest BCUT2D eigenvalue weighted by molar-refractivity contribution is 5.32. The molecule has 1 unspecified atom stereocenters. The zero-order valence-electron chi connectivity index (χ0n) is 8.74. The molecule has 0 heterocycles. The van der Waals surface area contributed by atoms with Crippen LogP contribution in [-0.2, 0) is 0 Å². The lowest BCUT2D eigenvalue weighted by Crippen LogP contribution is -2.01. The molecule has 1 atom stereocenters. The highest BCUT2D eigenvalue weighted by Gasteiger charge is 2.20. The van der Waals surface area contributed by atoms with Crippen molar-refractivity contribution >= 4 is 0 Å². The van der Waals surface area contributed by atoms with Crippen molar-refractivity contribution < 1.29 is 5.11 Å². The van der Waals surface area contributed by atoms with Gasteiger partial charge in [-0.05, 0) is 36.8 Å². The summed E-state index contributed by atoms with van der Waals surface area (Å²) in [5.41, 5.74) is 2.50. The van der Waals surface area contributed by atoms with Gasteiger partial charge in [-0.3, -0.25) is 0 Å². The Hall–Kier alpha value is -0.820. The molecule has 14 heavy (non-hydrogen) atoms. The van der Waals surface area contributed by atoms with E-state index < -0.39 is 0 Å². The quantitative estimate of drug-likeness (QED) is 0.757. The van der Waals surface area contributed by atoms with E-state index in [9.17, 15) is 5.11 Å². The molecule has 1 aromatic rings. The van der Waals surface area contributed by atoms with Gasteiger partial charge in [-0.1, -0.05) is 37.1 Å². The molecule has 1 aliphatic carbocycles. The van der Waals surface area contributed by atoms with Gasteiger partial charge in [-0.15, -0.1) is 0 Å². The molecular formula is C13H18O. The van der Waals surface area contributed by atoms with Crippen molar-refractivity contribution in [2.45, 2.75) is 44.6 Å². The predicted molar refractivity (Wildman–Crippen MR) is 58.3 cm³/mol. The molecule has 0 amide bonds. The first kappa shape index (κ1) is 9.72. The number of hydrogen-bond acceptors (Lipinski definition) is 1. The van der Waals surface area contributed by atoms with Gasteiger partial charge in [0.15, 0.2) is 0 Å². The van der Waals surface area contributed by atoms with Crippen LogP contribution in [0.25, 0.3) is 0 Å². The SMILES string of the molecule is CC(O)c1ccccc1C1CCCC1. The lowest BCUT2D eigenvalue weighted by atomic mass is 9.91. The van der Waals surface area contributed by atoms with E-state index in [4.69, 9.17) is 0 Å². The van der Waals surface area contributed by atoms with Crippen LogP contribution in [0.3, 0.4) is 0 Å². The van der Waals surface area contributed by atoms with E-state index >= 15 is 0 Å². The summed E-state index contributed by atoms with van der Waals surface area (Å²) in [6.45, 7) is 1.85. The second-order valence-corrected chi connectivity index (χ2v) is 4.29. The fraction of sp³-hybridized carbons (Fsp3) is 0.538. The predicted octanol–water partition coefficient (Wildman–Crippen LogP) is 3.40. The molecule has 1 heteroatoms. The maximum absolute atomic E-state index is 9.66. The van der Waals surface area contributed by atoms with Gasteiger partial charge >= 0.3 is 0 Å². The molecule has 1 nitrogen and oxygen atoms in total. The standard InChI is InChI=1S/C13H18O/c1-10(14)12-8-4-5-9-13(12)11-6-2-3-7-11/h4-5,8-11,14H,2-3,6-7H2,1H3. The number of rotatable bonds is 2. The Labute approximate surface area is 85.8 Å². The fourth-order valence-corrected chi connectivity index (χ4v) is 2.50. The zero-order chi connectivity index (χ0) is 9.97. The topological polar surface area (TPSA) is 20.2 Å². The third kappa shape index (κ3) is 1.83. The molecule has 1 N–H and O–H groups in total. The van der Waals surface area contributed by atoms with Crippen molar-refractivity contribution in [3.63, 3.8) is 0 Å². The fourth-order valence-electron chi connectivity index (χ4n) is 2.50. The van der Waals surface area contributed by atoms with Crippen molar-refractivity contribution in [1.82, 2.24) is 0 Å². The largest absolute Gasteiger partial charge is 0.389 e. The Morgan fingerprint density at radius 2 is 1.86 bits per heavy atom. The average molecular weight is 190 g/mol. The second kappa shape index (κ2) is 4.14. The summed E-state index contributed by atoms with van der Waals surface area (Å²) >= 11 is 0. The minimum absolute atomic E-state index is 0.327. The molecule has 0 spiro atoms. The van der Waals surface area contributed by atoms with E-state index in [2.05, 4.69) is 18.2 Å². The maximum Gasteiger partial charge on any atom is 0.0764 e. The highest BCUT2D eigenvalue weighted by Crippen LogP contribution is 2.37. The number of hydrogen-bond donors (Lipinski definition) is 1. The van der Waals surface area contributed by atoms with Gasteiger partial charge in [0, 0.05) is 0 Å². The first-order chi connectivity index (χ1) is 6.79. The zero-order valence-corrected chi connectivity index (χ0v) is 8.74. The Kier molecular flexibility index (Phi) is 2.87. The summed E-state index contributed by atoms with van der Waals surface area (Å²) in [4.78, 5) is 0. The summed E-state index contributed by atoms with van der Waals surface area (Å²) in [5.74, 6) is 0.695. The lowest BCUT2D eigenvalue weighted by molar-refractivity contribution is 0.197. The third-order valence-corrected chi connectivity index (χ3v) is 3.24. The van der Waals surface area contributed by atoms with E-state index in [1.165, 1.54) is 31.2 Å². The molecule has 0 aromatic heterocycles. The Morgan fingerprint density at radius 1 is 1.21 bits per heavy atom. The summed E-state index contributed by atoms with van der Waals surface area (Å²) < 4.78 is 0. The van der Waals surface area contributed by atoms with Crippen LogP contribution in [-0.4, -0.2) is 5.11 Å². The van der Waals surface area contributed by atoms with E-state index in [-0.39, 0.29) is 6.10 Å². The van der Waals surface area contributed by atoms with E-state index in [1.807, 2.05) is 13.0 Å². The number of aliphatic hydroxyl groups excluding tert-OH is 1. The summed E-state index contributed by atoms with van der Waals surface area (Å²) in [6.07, 6.45) is 4.96. The van der Waals surface area contributed by atoms with Crippen LogP contribution in [0, 0.1) is 0 Å². The first-order valence-electron chi connectivity index (χ1n) is 5.56. The van der Waals surface area contributed by atoms with E-state index in [0.29, 0.717) is 5.92 Å². The van der Waals surface area contributed by atoms with Crippen molar-refractivity contribution in [3.05, 3.63) is 35.4 Å². The molecule has 1 aliphatic rings. The Morgan fingerprint density at radius 3 is 2.50 bits per heavy atom. The minimum atomic E-state index is -0.327. The van der Waals surface area contributed by atoms with E-state index in [1.54, 1.807) is 0 Å². The normalized spacial score (nSPS) is 19.9. The van der Waals surface area contributed by atoms with Crippen LogP contribution >= 0.6 is 0 Å². The first-order valence-corrected chi connectivity index (χ1v) is 5.56. The van der Waals surface area contributed by atoms with Gasteiger partial charge in [-0.2, -0.15) is 0 Å². The van der Waals surface area contributed by atoms with Crippen molar-refractivity contribution in [2.75, 3.05) is 0 Å². The second-order valence-electron chi connectivity index (χ2n) is 4.29. The van der Waals surface area contributed by atoms with Gasteiger partial charge in [-0.25, -0.2) is 0 Å². The van der Waals surface area contributed by atoms with Gasteiger partial charge < -0.3 is 5.11 Å².